The van der Waals surface area contributed by atoms with Crippen molar-refractivity contribution in [3.63, 3.8) is 0 Å². The lowest BCUT2D eigenvalue weighted by Gasteiger charge is -2.29. The van der Waals surface area contributed by atoms with Crippen molar-refractivity contribution in [2.24, 2.45) is 5.73 Å². The molecule has 1 aromatic carbocycles. The summed E-state index contributed by atoms with van der Waals surface area (Å²) in [6.45, 7) is -2.87. The Balaban J connectivity index is 1.99. The minimum Gasteiger partial charge on any atom is -0.507 e. The van der Waals surface area contributed by atoms with Gasteiger partial charge in [-0.1, -0.05) is 24.8 Å². The lowest BCUT2D eigenvalue weighted by Crippen LogP contribution is -2.30. The Morgan fingerprint density at radius 1 is 1.40 bits per heavy atom. The molecule has 0 bridgehead atoms. The number of para-hydroxylation sites is 1. The van der Waals surface area contributed by atoms with E-state index in [1.807, 2.05) is 0 Å². The molecule has 0 amide bonds. The van der Waals surface area contributed by atoms with Crippen LogP contribution >= 0.6 is 0 Å². The molecule has 128 valence electrons. The van der Waals surface area contributed by atoms with Crippen LogP contribution in [-0.4, -0.2) is 16.4 Å². The molecule has 2 heterocycles. The molecule has 0 radical (unpaired) electrons. The molecule has 5 N–H and O–H groups in total. The largest absolute Gasteiger partial charge is 0.507 e. The summed E-state index contributed by atoms with van der Waals surface area (Å²) in [5.74, 6) is 1.95. The first kappa shape index (κ1) is 16.9. The van der Waals surface area contributed by atoms with Crippen LogP contribution in [-0.2, 0) is 0 Å². The number of phenolic OH excluding ortho intramolecular Hbond substituents is 1. The molecule has 1 aliphatic rings. The average molecular weight is 342 g/mol. The van der Waals surface area contributed by atoms with E-state index < -0.39 is 6.55 Å². The first-order chi connectivity index (χ1) is 11.9. The molecular formula is C17H17BF2N4O. The highest BCUT2D eigenvalue weighted by atomic mass is 19.3. The maximum Gasteiger partial charge on any atom is 0.320 e. The molecule has 1 aromatic heterocycles. The van der Waals surface area contributed by atoms with Gasteiger partial charge in [0.25, 0.3) is 6.71 Å². The molecule has 0 saturated carbocycles. The minimum atomic E-state index is -2.77. The second kappa shape index (κ2) is 6.51. The predicted octanol–water partition coefficient (Wildman–Crippen LogP) is 3.28. The standard InChI is InChI=1S/C17H17BF2N4O/c19-17(20)24-14(11-7-18(8-11)9-21)6-10(16(24)23)5-13(22)12-3-1-2-4-15(12)25/h1-6,11,17,25H,7-8,22-23H2/b13-5-. The van der Waals surface area contributed by atoms with Gasteiger partial charge in [0.1, 0.15) is 11.6 Å². The monoisotopic (exact) mass is 342 g/mol. The number of phenols is 1. The SMILES string of the molecule is N#CB1CC(c2cc(/C=C(\N)c3ccccc3O)c(N)n2C(F)F)C1. The van der Waals surface area contributed by atoms with Crippen molar-refractivity contribution in [3.05, 3.63) is 47.2 Å². The van der Waals surface area contributed by atoms with E-state index in [9.17, 15) is 13.9 Å². The van der Waals surface area contributed by atoms with Gasteiger partial charge in [-0.25, -0.2) is 5.26 Å². The fourth-order valence-corrected chi connectivity index (χ4v) is 3.16. The Bertz CT molecular complexity index is 866. The van der Waals surface area contributed by atoms with Crippen molar-refractivity contribution >= 4 is 24.3 Å². The zero-order chi connectivity index (χ0) is 18.1. The summed E-state index contributed by atoms with van der Waals surface area (Å²) in [5.41, 5.74) is 13.3. The summed E-state index contributed by atoms with van der Waals surface area (Å²) in [4.78, 5) is 0. The average Bonchev–Trinajstić information content (AvgIpc) is 2.83. The van der Waals surface area contributed by atoms with Gasteiger partial charge in [-0.2, -0.15) is 8.78 Å². The summed E-state index contributed by atoms with van der Waals surface area (Å²) < 4.78 is 27.7. The highest BCUT2D eigenvalue weighted by Crippen LogP contribution is 2.42. The molecule has 2 aromatic rings. The molecule has 1 fully saturated rings. The number of nitriles is 1. The van der Waals surface area contributed by atoms with E-state index >= 15 is 0 Å². The molecule has 0 unspecified atom stereocenters. The van der Waals surface area contributed by atoms with Gasteiger partial charge in [-0.15, -0.1) is 0 Å². The summed E-state index contributed by atoms with van der Waals surface area (Å²) in [7, 11) is 0. The van der Waals surface area contributed by atoms with E-state index in [4.69, 9.17) is 16.7 Å². The van der Waals surface area contributed by atoms with Crippen LogP contribution in [0.25, 0.3) is 11.8 Å². The van der Waals surface area contributed by atoms with Gasteiger partial charge < -0.3 is 16.6 Å². The van der Waals surface area contributed by atoms with Gasteiger partial charge in [-0.3, -0.25) is 4.57 Å². The zero-order valence-electron chi connectivity index (χ0n) is 13.4. The Morgan fingerprint density at radius 2 is 2.08 bits per heavy atom. The van der Waals surface area contributed by atoms with Gasteiger partial charge in [0.2, 0.25) is 0 Å². The van der Waals surface area contributed by atoms with Crippen LogP contribution in [0.4, 0.5) is 14.6 Å². The minimum absolute atomic E-state index is 0.000748. The molecule has 0 aliphatic carbocycles. The van der Waals surface area contributed by atoms with E-state index in [2.05, 4.69) is 5.97 Å². The molecule has 1 aliphatic heterocycles. The first-order valence-corrected chi connectivity index (χ1v) is 7.86. The molecular weight excluding hydrogens is 325 g/mol. The fraction of sp³-hybridized carbons (Fsp3) is 0.235. The molecule has 5 nitrogen and oxygen atoms in total. The van der Waals surface area contributed by atoms with Gasteiger partial charge >= 0.3 is 6.55 Å². The molecule has 1 saturated heterocycles. The number of anilines is 1. The number of nitrogens with two attached hydrogens (primary N) is 2. The van der Waals surface area contributed by atoms with E-state index in [1.54, 1.807) is 24.3 Å². The number of benzene rings is 1. The number of nitrogens with zero attached hydrogens (tertiary/aromatic N) is 2. The van der Waals surface area contributed by atoms with Crippen molar-refractivity contribution in [1.29, 1.82) is 5.26 Å². The van der Waals surface area contributed by atoms with E-state index in [-0.39, 0.29) is 29.9 Å². The third kappa shape index (κ3) is 3.05. The quantitative estimate of drug-likeness (QED) is 0.742. The number of alkyl halides is 2. The Labute approximate surface area is 144 Å². The molecule has 0 atom stereocenters. The topological polar surface area (TPSA) is 101 Å². The highest BCUT2D eigenvalue weighted by molar-refractivity contribution is 6.70. The van der Waals surface area contributed by atoms with Gasteiger partial charge in [0, 0.05) is 28.5 Å². The van der Waals surface area contributed by atoms with Gasteiger partial charge in [0.15, 0.2) is 0 Å². The van der Waals surface area contributed by atoms with E-state index in [0.29, 0.717) is 29.5 Å². The van der Waals surface area contributed by atoms with Crippen molar-refractivity contribution < 1.29 is 13.9 Å². The Kier molecular flexibility index (Phi) is 4.40. The smallest absolute Gasteiger partial charge is 0.320 e. The number of rotatable bonds is 4. The van der Waals surface area contributed by atoms with Crippen LogP contribution in [0.5, 0.6) is 5.75 Å². The third-order valence-corrected chi connectivity index (χ3v) is 4.60. The van der Waals surface area contributed by atoms with Gasteiger partial charge in [-0.05, 0) is 30.2 Å². The number of aromatic nitrogens is 1. The maximum absolute atomic E-state index is 13.5. The van der Waals surface area contributed by atoms with Crippen LogP contribution in [0.2, 0.25) is 12.6 Å². The van der Waals surface area contributed by atoms with Crippen LogP contribution in [0.1, 0.15) is 29.3 Å². The predicted molar refractivity (Wildman–Crippen MR) is 94.0 cm³/mol. The van der Waals surface area contributed by atoms with Crippen LogP contribution in [0.3, 0.4) is 0 Å². The number of hydrogen-bond donors (Lipinski definition) is 3. The lowest BCUT2D eigenvalue weighted by atomic mass is 9.32. The third-order valence-electron chi connectivity index (χ3n) is 4.60. The van der Waals surface area contributed by atoms with Crippen molar-refractivity contribution in [2.75, 3.05) is 5.73 Å². The molecule has 0 spiro atoms. The second-order valence-electron chi connectivity index (χ2n) is 6.17. The van der Waals surface area contributed by atoms with E-state index in [0.717, 1.165) is 4.57 Å². The van der Waals surface area contributed by atoms with Crippen molar-refractivity contribution in [2.45, 2.75) is 25.1 Å². The zero-order valence-corrected chi connectivity index (χ0v) is 13.4. The molecule has 3 rings (SSSR count). The lowest BCUT2D eigenvalue weighted by molar-refractivity contribution is 0.0691. The summed E-state index contributed by atoms with van der Waals surface area (Å²) in [5, 5.41) is 18.7. The molecule has 8 heteroatoms. The number of halogens is 2. The maximum atomic E-state index is 13.5. The van der Waals surface area contributed by atoms with Crippen LogP contribution < -0.4 is 11.5 Å². The van der Waals surface area contributed by atoms with Crippen molar-refractivity contribution in [3.8, 4) is 11.7 Å². The van der Waals surface area contributed by atoms with Gasteiger partial charge in [0.05, 0.1) is 0 Å². The first-order valence-electron chi connectivity index (χ1n) is 7.86. The Hall–Kier alpha value is -2.95. The van der Waals surface area contributed by atoms with E-state index in [1.165, 1.54) is 12.1 Å². The Morgan fingerprint density at radius 3 is 2.68 bits per heavy atom. The van der Waals surface area contributed by atoms with Crippen LogP contribution in [0.15, 0.2) is 30.3 Å². The van der Waals surface area contributed by atoms with Crippen molar-refractivity contribution in [1.82, 2.24) is 4.57 Å². The normalized spacial score (nSPS) is 15.3. The second-order valence-corrected chi connectivity index (χ2v) is 6.17. The highest BCUT2D eigenvalue weighted by Gasteiger charge is 2.37. The van der Waals surface area contributed by atoms with Crippen LogP contribution in [0, 0.1) is 11.2 Å². The summed E-state index contributed by atoms with van der Waals surface area (Å²) >= 11 is 0. The summed E-state index contributed by atoms with van der Waals surface area (Å²) in [6.07, 6.45) is 2.57. The number of aromatic hydroxyl groups is 1. The fourth-order valence-electron chi connectivity index (χ4n) is 3.16. The summed E-state index contributed by atoms with van der Waals surface area (Å²) in [6, 6.07) is 8.09. The number of hydrogen-bond acceptors (Lipinski definition) is 4. The number of nitrogen functional groups attached to an aromatic ring is 1. The molecule has 25 heavy (non-hydrogen) atoms.